The number of hydrogen-bond acceptors (Lipinski definition) is 19. The molecule has 3 saturated heterocycles. The molecule has 14 unspecified atom stereocenters. The first-order valence-electron chi connectivity index (χ1n) is 24.2. The Labute approximate surface area is 417 Å². The highest BCUT2D eigenvalue weighted by atomic mass is 32.3. The lowest BCUT2D eigenvalue weighted by Gasteiger charge is -2.68. The highest BCUT2D eigenvalue weighted by molar-refractivity contribution is 7.79. The Balaban J connectivity index is 0.000000216. The summed E-state index contributed by atoms with van der Waals surface area (Å²) in [5, 5.41) is 88.3. The molecule has 23 heteroatoms. The molecule has 8 aliphatic rings. The van der Waals surface area contributed by atoms with E-state index in [2.05, 4.69) is 17.1 Å². The first kappa shape index (κ1) is 55.4. The van der Waals surface area contributed by atoms with Gasteiger partial charge in [-0.15, -0.1) is 0 Å². The maximum atomic E-state index is 12.9. The molecule has 400 valence electrons. The van der Waals surface area contributed by atoms with E-state index >= 15 is 0 Å². The van der Waals surface area contributed by atoms with Crippen molar-refractivity contribution in [1.82, 2.24) is 10.2 Å². The van der Waals surface area contributed by atoms with Crippen LogP contribution in [0.2, 0.25) is 0 Å². The number of esters is 3. The van der Waals surface area contributed by atoms with Crippen LogP contribution in [0.15, 0.2) is 58.5 Å². The van der Waals surface area contributed by atoms with Crippen molar-refractivity contribution in [1.29, 1.82) is 0 Å². The van der Waals surface area contributed by atoms with Crippen LogP contribution in [0, 0.1) is 39.2 Å². The summed E-state index contributed by atoms with van der Waals surface area (Å²) < 4.78 is 53.9. The second kappa shape index (κ2) is 18.8. The van der Waals surface area contributed by atoms with Gasteiger partial charge in [0.05, 0.1) is 47.9 Å². The average Bonchev–Trinajstić information content (AvgIpc) is 3.47. The molecular formula is C49H69N3O19S. The van der Waals surface area contributed by atoms with Crippen molar-refractivity contribution < 1.29 is 86.4 Å². The van der Waals surface area contributed by atoms with Crippen molar-refractivity contribution in [2.75, 3.05) is 27.3 Å². The lowest BCUT2D eigenvalue weighted by molar-refractivity contribution is -0.385. The van der Waals surface area contributed by atoms with Crippen molar-refractivity contribution in [3.8, 4) is 0 Å². The molecule has 1 aromatic rings. The standard InChI is InChI=1S/C32H49NO9.C17H18N2O6.H2O4S/c1-6-18(3)25(35)41-24-11-12-26(4)19-8-9-20-28(37)13-23(34)31(39)21(29(28,38)16-30(20,26)42-32(19,24)40)15-33-14-17(2)7-10-22(33)27(31,5)36;1-9-13(16(20)24-3)15(14(10(2)18-9)17(21)25-4)11-7-5-6-8-12(11)19(22)23;1-5(2,3)4/h6,17,19-24,34,36-40H,7-16H2,1-5H3;5-8,15,18H,1-4H3;(H2,1,2,3,4). The normalized spacial score (nSPS) is 41.1. The molecule has 9 rings (SSSR count). The predicted molar refractivity (Wildman–Crippen MR) is 252 cm³/mol. The Morgan fingerprint density at radius 2 is 1.46 bits per heavy atom. The van der Waals surface area contributed by atoms with E-state index < -0.39 is 108 Å². The van der Waals surface area contributed by atoms with E-state index in [1.165, 1.54) is 32.4 Å². The fourth-order valence-corrected chi connectivity index (χ4v) is 14.7. The van der Waals surface area contributed by atoms with Gasteiger partial charge in [-0.2, -0.15) is 8.42 Å². The van der Waals surface area contributed by atoms with Crippen molar-refractivity contribution in [2.24, 2.45) is 29.1 Å². The van der Waals surface area contributed by atoms with Crippen LogP contribution in [0.25, 0.3) is 0 Å². The second-order valence-electron chi connectivity index (χ2n) is 21.6. The Morgan fingerprint density at radius 1 is 0.889 bits per heavy atom. The highest BCUT2D eigenvalue weighted by Gasteiger charge is 2.89. The Hall–Kier alpha value is -4.40. The van der Waals surface area contributed by atoms with Gasteiger partial charge in [0.1, 0.15) is 22.4 Å². The number of rotatable bonds is 6. The number of methoxy groups -OCH3 is 2. The minimum atomic E-state index is -4.67. The number of allylic oxidation sites excluding steroid dienone is 3. The van der Waals surface area contributed by atoms with Gasteiger partial charge in [0.15, 0.2) is 6.10 Å². The van der Waals surface area contributed by atoms with Gasteiger partial charge < -0.3 is 54.9 Å². The number of fused-ring (bicyclic) bond motifs is 5. The third kappa shape index (κ3) is 8.21. The van der Waals surface area contributed by atoms with Crippen molar-refractivity contribution in [3.05, 3.63) is 74.1 Å². The van der Waals surface area contributed by atoms with Gasteiger partial charge in [0, 0.05) is 83.7 Å². The van der Waals surface area contributed by atoms with Gasteiger partial charge in [-0.1, -0.05) is 38.1 Å². The van der Waals surface area contributed by atoms with E-state index in [1.807, 2.05) is 6.92 Å². The maximum Gasteiger partial charge on any atom is 0.394 e. The van der Waals surface area contributed by atoms with Crippen LogP contribution in [0.4, 0.5) is 5.69 Å². The maximum absolute atomic E-state index is 12.9. The molecule has 14 atom stereocenters. The van der Waals surface area contributed by atoms with Crippen LogP contribution in [-0.4, -0.2) is 155 Å². The minimum Gasteiger partial charge on any atom is -0.466 e. The zero-order valence-corrected chi connectivity index (χ0v) is 42.8. The van der Waals surface area contributed by atoms with Gasteiger partial charge >= 0.3 is 28.3 Å². The number of aliphatic hydroxyl groups is 6. The van der Waals surface area contributed by atoms with E-state index in [1.54, 1.807) is 46.8 Å². The van der Waals surface area contributed by atoms with Crippen LogP contribution in [0.1, 0.15) is 111 Å². The molecular weight excluding hydrogens is 967 g/mol. The van der Waals surface area contributed by atoms with Gasteiger partial charge in [-0.3, -0.25) is 24.1 Å². The number of piperidine rings is 2. The molecule has 0 aromatic heterocycles. The third-order valence-corrected chi connectivity index (χ3v) is 18.1. The lowest BCUT2D eigenvalue weighted by atomic mass is 9.49. The molecule has 72 heavy (non-hydrogen) atoms. The third-order valence-electron chi connectivity index (χ3n) is 18.1. The van der Waals surface area contributed by atoms with Crippen molar-refractivity contribution >= 4 is 34.0 Å². The zero-order chi connectivity index (χ0) is 53.7. The van der Waals surface area contributed by atoms with E-state index in [9.17, 15) is 55.1 Å². The van der Waals surface area contributed by atoms with E-state index in [-0.39, 0.29) is 47.8 Å². The number of benzene rings is 1. The molecule has 0 radical (unpaired) electrons. The number of dihydropyridines is 1. The minimum absolute atomic E-state index is 0.0606. The topological polar surface area (TPSA) is 343 Å². The van der Waals surface area contributed by atoms with Crippen molar-refractivity contribution in [2.45, 2.75) is 158 Å². The number of nitro benzene ring substituents is 1. The Morgan fingerprint density at radius 3 is 2.01 bits per heavy atom. The molecule has 22 nitrogen and oxygen atoms in total. The van der Waals surface area contributed by atoms with E-state index in [4.69, 9.17) is 36.5 Å². The number of nitrogens with one attached hydrogen (secondary N) is 1. The van der Waals surface area contributed by atoms with Crippen molar-refractivity contribution in [3.63, 3.8) is 0 Å². The monoisotopic (exact) mass is 1040 g/mol. The number of ether oxygens (including phenoxy) is 4. The number of carbonyl (C=O) groups excluding carboxylic acids is 3. The quantitative estimate of drug-likeness (QED) is 0.0493. The van der Waals surface area contributed by atoms with Crippen LogP contribution in [-0.2, 0) is 43.7 Å². The average molecular weight is 1040 g/mol. The number of hydrogen-bond donors (Lipinski definition) is 9. The number of para-hydroxylation sites is 1. The second-order valence-corrected chi connectivity index (χ2v) is 22.4. The SMILES string of the molecule is CC=C(C)C(=O)OC1CCC2(C)C3CCC4C5(O)CC(O)C6(O)C(CN7CC(C)CCC7C6(C)O)C5(O)CC42OC13O.COC(=O)C1=C(C)NC(C)=C(C(=O)OC)C1c1ccccc1[N+](=O)[O-].O=S(=O)(O)O. The summed E-state index contributed by atoms with van der Waals surface area (Å²) in [4.78, 5) is 50.5. The fourth-order valence-electron chi connectivity index (χ4n) is 14.7. The molecule has 4 bridgehead atoms. The largest absolute Gasteiger partial charge is 0.466 e. The summed E-state index contributed by atoms with van der Waals surface area (Å²) >= 11 is 0. The summed E-state index contributed by atoms with van der Waals surface area (Å²) in [5.74, 6) is -6.37. The lowest BCUT2D eigenvalue weighted by Crippen LogP contribution is -2.85. The summed E-state index contributed by atoms with van der Waals surface area (Å²) in [6.07, 6.45) is 2.30. The van der Waals surface area contributed by atoms with Crippen LogP contribution < -0.4 is 5.32 Å². The summed E-state index contributed by atoms with van der Waals surface area (Å²) in [5.41, 5.74) is -7.77. The summed E-state index contributed by atoms with van der Waals surface area (Å²) in [6, 6.07) is 5.58. The summed E-state index contributed by atoms with van der Waals surface area (Å²) in [6.45, 7) is 13.3. The fraction of sp³-hybridized carbons (Fsp3) is 0.694. The molecule has 4 aliphatic heterocycles. The molecule has 0 amide bonds. The number of carbonyl (C=O) groups is 3. The van der Waals surface area contributed by atoms with Gasteiger partial charge in [-0.25, -0.2) is 14.4 Å². The molecule has 7 fully saturated rings. The van der Waals surface area contributed by atoms with Crippen LogP contribution in [0.3, 0.4) is 0 Å². The number of nitro groups is 1. The highest BCUT2D eigenvalue weighted by Crippen LogP contribution is 2.78. The van der Waals surface area contributed by atoms with Crippen LogP contribution >= 0.6 is 0 Å². The van der Waals surface area contributed by atoms with Gasteiger partial charge in [0.2, 0.25) is 5.79 Å². The van der Waals surface area contributed by atoms with E-state index in [0.717, 1.165) is 6.42 Å². The predicted octanol–water partition coefficient (Wildman–Crippen LogP) is 2.51. The smallest absolute Gasteiger partial charge is 0.394 e. The first-order chi connectivity index (χ1) is 33.3. The number of aliphatic hydroxyl groups excluding tert-OH is 1. The zero-order valence-electron chi connectivity index (χ0n) is 41.9. The molecule has 1 spiro atoms. The van der Waals surface area contributed by atoms with Crippen LogP contribution in [0.5, 0.6) is 0 Å². The number of nitrogens with zero attached hydrogens (tertiary/aromatic N) is 2. The van der Waals surface area contributed by atoms with Gasteiger partial charge in [0.25, 0.3) is 5.69 Å². The summed E-state index contributed by atoms with van der Waals surface area (Å²) in [7, 11) is -2.25. The molecule has 1 aromatic carbocycles. The molecule has 4 aliphatic carbocycles. The Bertz CT molecular complexity index is 2560. The molecule has 4 saturated carbocycles. The molecule has 4 heterocycles. The molecule has 9 N–H and O–H groups in total. The first-order valence-corrected chi connectivity index (χ1v) is 25.6. The van der Waals surface area contributed by atoms with E-state index in [0.29, 0.717) is 61.5 Å². The Kier molecular flexibility index (Phi) is 14.4. The van der Waals surface area contributed by atoms with Gasteiger partial charge in [-0.05, 0) is 79.1 Å².